The van der Waals surface area contributed by atoms with Gasteiger partial charge in [-0.3, -0.25) is 9.52 Å². The number of aromatic nitrogens is 1. The van der Waals surface area contributed by atoms with Crippen molar-refractivity contribution >= 4 is 50.8 Å². The Morgan fingerprint density at radius 1 is 1.07 bits per heavy atom. The predicted molar refractivity (Wildman–Crippen MR) is 122 cm³/mol. The predicted octanol–water partition coefficient (Wildman–Crippen LogP) is 5.05. The van der Waals surface area contributed by atoms with Crippen LogP contribution in [0.1, 0.15) is 13.3 Å². The molecule has 1 atom stereocenters. The lowest BCUT2D eigenvalue weighted by molar-refractivity contribution is -0.115. The van der Waals surface area contributed by atoms with E-state index in [1.807, 2.05) is 19.1 Å². The summed E-state index contributed by atoms with van der Waals surface area (Å²) in [4.78, 5) is 17.6. The van der Waals surface area contributed by atoms with Crippen molar-refractivity contribution in [3.8, 4) is 0 Å². The quantitative estimate of drug-likeness (QED) is 0.458. The summed E-state index contributed by atoms with van der Waals surface area (Å²) in [6.07, 6.45) is 2.14. The molecule has 2 aromatic carbocycles. The molecule has 9 heteroatoms. The first-order chi connectivity index (χ1) is 14.4. The highest BCUT2D eigenvalue weighted by Gasteiger charge is 2.19. The maximum atomic E-state index is 12.6. The van der Waals surface area contributed by atoms with Crippen LogP contribution in [0.3, 0.4) is 0 Å². The van der Waals surface area contributed by atoms with Gasteiger partial charge in [-0.15, -0.1) is 11.8 Å². The van der Waals surface area contributed by atoms with Gasteiger partial charge >= 0.3 is 0 Å². The standard InChI is InChI=1S/C21H20ClN3O3S2/c1-2-19(29-17-10-6-15(22)7-11-17)21(26)24-16-8-12-18(13-9-16)30(27,28)25-20-5-3-4-14-23-20/h3-14,19H,2H2,1H3,(H,23,25)(H,24,26)/t19-/m1/s1. The number of nitrogens with zero attached hydrogens (tertiary/aromatic N) is 1. The average Bonchev–Trinajstić information content (AvgIpc) is 2.74. The van der Waals surface area contributed by atoms with Gasteiger partial charge in [0.1, 0.15) is 5.82 Å². The van der Waals surface area contributed by atoms with Crippen LogP contribution in [0.2, 0.25) is 5.02 Å². The van der Waals surface area contributed by atoms with E-state index in [4.69, 9.17) is 11.6 Å². The van der Waals surface area contributed by atoms with E-state index < -0.39 is 10.0 Å². The summed E-state index contributed by atoms with van der Waals surface area (Å²) in [5.41, 5.74) is 0.520. The summed E-state index contributed by atoms with van der Waals surface area (Å²) < 4.78 is 27.3. The molecule has 0 aliphatic carbocycles. The maximum Gasteiger partial charge on any atom is 0.263 e. The van der Waals surface area contributed by atoms with Gasteiger partial charge in [0, 0.05) is 21.8 Å². The number of pyridine rings is 1. The highest BCUT2D eigenvalue weighted by atomic mass is 35.5. The number of hydrogen-bond donors (Lipinski definition) is 2. The highest BCUT2D eigenvalue weighted by molar-refractivity contribution is 8.00. The molecule has 1 amide bonds. The van der Waals surface area contributed by atoms with Crippen molar-refractivity contribution in [2.24, 2.45) is 0 Å². The van der Waals surface area contributed by atoms with Gasteiger partial charge in [0.05, 0.1) is 10.1 Å². The van der Waals surface area contributed by atoms with Crippen molar-refractivity contribution in [3.05, 3.63) is 77.9 Å². The summed E-state index contributed by atoms with van der Waals surface area (Å²) in [6.45, 7) is 1.94. The lowest BCUT2D eigenvalue weighted by Crippen LogP contribution is -2.24. The lowest BCUT2D eigenvalue weighted by atomic mass is 10.3. The average molecular weight is 462 g/mol. The van der Waals surface area contributed by atoms with Crippen LogP contribution < -0.4 is 10.0 Å². The molecule has 6 nitrogen and oxygen atoms in total. The zero-order valence-corrected chi connectivity index (χ0v) is 18.5. The van der Waals surface area contributed by atoms with Gasteiger partial charge in [-0.05, 0) is 67.1 Å². The molecule has 0 spiro atoms. The first-order valence-electron chi connectivity index (χ1n) is 9.14. The van der Waals surface area contributed by atoms with Crippen LogP contribution in [-0.2, 0) is 14.8 Å². The molecular formula is C21H20ClN3O3S2. The number of anilines is 2. The van der Waals surface area contributed by atoms with E-state index in [2.05, 4.69) is 15.0 Å². The molecule has 0 aliphatic heterocycles. The van der Waals surface area contributed by atoms with E-state index in [1.54, 1.807) is 42.5 Å². The number of rotatable bonds is 8. The summed E-state index contributed by atoms with van der Waals surface area (Å²) >= 11 is 7.35. The maximum absolute atomic E-state index is 12.6. The van der Waals surface area contributed by atoms with Crippen molar-refractivity contribution < 1.29 is 13.2 Å². The Hall–Kier alpha value is -2.55. The molecule has 3 rings (SSSR count). The first-order valence-corrected chi connectivity index (χ1v) is 11.9. The topological polar surface area (TPSA) is 88.2 Å². The second-order valence-corrected chi connectivity index (χ2v) is 9.70. The van der Waals surface area contributed by atoms with E-state index >= 15 is 0 Å². The Bertz CT molecular complexity index is 1090. The molecule has 30 heavy (non-hydrogen) atoms. The molecule has 0 bridgehead atoms. The van der Waals surface area contributed by atoms with E-state index in [0.29, 0.717) is 17.1 Å². The molecule has 1 aromatic heterocycles. The Morgan fingerprint density at radius 3 is 2.37 bits per heavy atom. The molecule has 2 N–H and O–H groups in total. The molecule has 156 valence electrons. The fraction of sp³-hybridized carbons (Fsp3) is 0.143. The van der Waals surface area contributed by atoms with Crippen molar-refractivity contribution in [2.75, 3.05) is 10.0 Å². The third-order valence-corrected chi connectivity index (χ3v) is 7.09. The van der Waals surface area contributed by atoms with E-state index in [-0.39, 0.29) is 21.9 Å². The number of amides is 1. The van der Waals surface area contributed by atoms with Gasteiger partial charge in [-0.25, -0.2) is 13.4 Å². The van der Waals surface area contributed by atoms with Crippen LogP contribution in [0.15, 0.2) is 82.7 Å². The molecule has 0 saturated heterocycles. The molecule has 0 radical (unpaired) electrons. The molecule has 3 aromatic rings. The van der Waals surface area contributed by atoms with Crippen molar-refractivity contribution in [3.63, 3.8) is 0 Å². The largest absolute Gasteiger partial charge is 0.325 e. The van der Waals surface area contributed by atoms with Gasteiger partial charge in [-0.1, -0.05) is 24.6 Å². The lowest BCUT2D eigenvalue weighted by Gasteiger charge is -2.15. The second-order valence-electron chi connectivity index (χ2n) is 6.30. The fourth-order valence-corrected chi connectivity index (χ4v) is 4.65. The van der Waals surface area contributed by atoms with Crippen LogP contribution >= 0.6 is 23.4 Å². The Kier molecular flexibility index (Phi) is 7.36. The Balaban J connectivity index is 1.65. The first kappa shape index (κ1) is 22.1. The zero-order chi connectivity index (χ0) is 21.6. The summed E-state index contributed by atoms with van der Waals surface area (Å²) in [6, 6.07) is 18.3. The number of thioether (sulfide) groups is 1. The number of halogens is 1. The zero-order valence-electron chi connectivity index (χ0n) is 16.1. The van der Waals surface area contributed by atoms with Gasteiger partial charge in [0.15, 0.2) is 0 Å². The number of benzene rings is 2. The van der Waals surface area contributed by atoms with Gasteiger partial charge in [-0.2, -0.15) is 0 Å². The van der Waals surface area contributed by atoms with E-state index in [1.165, 1.54) is 30.1 Å². The SMILES string of the molecule is CC[C@@H](Sc1ccc(Cl)cc1)C(=O)Nc1ccc(S(=O)(=O)Nc2ccccn2)cc1. The fourth-order valence-electron chi connectivity index (χ4n) is 2.56. The Labute approximate surface area is 185 Å². The van der Waals surface area contributed by atoms with Crippen LogP contribution in [0.4, 0.5) is 11.5 Å². The summed E-state index contributed by atoms with van der Waals surface area (Å²) in [5.74, 6) is 0.0829. The molecular weight excluding hydrogens is 442 g/mol. The second kappa shape index (κ2) is 9.97. The minimum atomic E-state index is -3.76. The number of carbonyl (C=O) groups excluding carboxylic acids is 1. The third kappa shape index (κ3) is 5.98. The number of hydrogen-bond acceptors (Lipinski definition) is 5. The van der Waals surface area contributed by atoms with Crippen LogP contribution in [0.5, 0.6) is 0 Å². The number of nitrogens with one attached hydrogen (secondary N) is 2. The molecule has 1 heterocycles. The Morgan fingerprint density at radius 2 is 1.77 bits per heavy atom. The summed E-state index contributed by atoms with van der Waals surface area (Å²) in [5, 5.41) is 3.19. The molecule has 0 saturated carbocycles. The van der Waals surface area contributed by atoms with E-state index in [9.17, 15) is 13.2 Å². The monoisotopic (exact) mass is 461 g/mol. The molecule has 0 fully saturated rings. The van der Waals surface area contributed by atoms with Crippen LogP contribution in [0.25, 0.3) is 0 Å². The normalized spacial score (nSPS) is 12.2. The number of carbonyl (C=O) groups is 1. The van der Waals surface area contributed by atoms with Gasteiger partial charge in [0.25, 0.3) is 10.0 Å². The highest BCUT2D eigenvalue weighted by Crippen LogP contribution is 2.28. The summed E-state index contributed by atoms with van der Waals surface area (Å²) in [7, 11) is -3.76. The van der Waals surface area contributed by atoms with Gasteiger partial charge in [0.2, 0.25) is 5.91 Å². The van der Waals surface area contributed by atoms with Crippen LogP contribution in [-0.4, -0.2) is 24.6 Å². The van der Waals surface area contributed by atoms with Crippen molar-refractivity contribution in [1.29, 1.82) is 0 Å². The van der Waals surface area contributed by atoms with Crippen molar-refractivity contribution in [1.82, 2.24) is 4.98 Å². The minimum Gasteiger partial charge on any atom is -0.325 e. The molecule has 0 unspecified atom stereocenters. The smallest absolute Gasteiger partial charge is 0.263 e. The van der Waals surface area contributed by atoms with Crippen LogP contribution in [0, 0.1) is 0 Å². The number of sulfonamides is 1. The molecule has 0 aliphatic rings. The van der Waals surface area contributed by atoms with Crippen molar-refractivity contribution in [2.45, 2.75) is 28.4 Å². The van der Waals surface area contributed by atoms with E-state index in [0.717, 1.165) is 4.90 Å². The minimum absolute atomic E-state index is 0.0775. The van der Waals surface area contributed by atoms with Gasteiger partial charge < -0.3 is 5.32 Å². The third-order valence-electron chi connectivity index (χ3n) is 4.09.